The van der Waals surface area contributed by atoms with Crippen LogP contribution in [0.4, 0.5) is 0 Å². The second kappa shape index (κ2) is 6.53. The second-order valence-electron chi connectivity index (χ2n) is 7.37. The lowest BCUT2D eigenvalue weighted by atomic mass is 9.87. The number of benzene rings is 6. The molecule has 0 radical (unpaired) electrons. The van der Waals surface area contributed by atoms with E-state index in [0.717, 1.165) is 13.4 Å². The quantitative estimate of drug-likeness (QED) is 0.161. The van der Waals surface area contributed by atoms with Crippen molar-refractivity contribution in [1.29, 1.82) is 0 Å². The number of hydrogen-bond donors (Lipinski definition) is 0. The Bertz CT molecular complexity index is 1610. The molecule has 0 saturated carbocycles. The fraction of sp³-hybridized carbons (Fsp3) is 0. The van der Waals surface area contributed by atoms with E-state index in [0.29, 0.717) is 0 Å². The maximum absolute atomic E-state index is 3.71. The normalized spacial score (nSPS) is 12.0. The van der Waals surface area contributed by atoms with Crippen molar-refractivity contribution in [3.63, 3.8) is 0 Å². The zero-order chi connectivity index (χ0) is 19.7. The minimum absolute atomic E-state index is 1.10. The molecule has 0 unspecified atom stereocenters. The lowest BCUT2D eigenvalue weighted by Gasteiger charge is -2.17. The average Bonchev–Trinajstić information content (AvgIpc) is 2.73. The van der Waals surface area contributed by atoms with Crippen molar-refractivity contribution in [2.75, 3.05) is 0 Å². The van der Waals surface area contributed by atoms with E-state index < -0.39 is 0 Å². The van der Waals surface area contributed by atoms with E-state index in [2.05, 4.69) is 127 Å². The molecule has 0 aliphatic heterocycles. The maximum atomic E-state index is 3.71. The Hall–Kier alpha value is -1.94. The second-order valence-corrected chi connectivity index (χ2v) is 10.1. The highest BCUT2D eigenvalue weighted by molar-refractivity contribution is 9.11. The Labute approximate surface area is 192 Å². The highest BCUT2D eigenvalue weighted by Gasteiger charge is 2.16. The van der Waals surface area contributed by atoms with Gasteiger partial charge in [-0.2, -0.15) is 0 Å². The average molecular weight is 565 g/mol. The third-order valence-electron chi connectivity index (χ3n) is 5.78. The van der Waals surface area contributed by atoms with Gasteiger partial charge in [-0.25, -0.2) is 0 Å². The first kappa shape index (κ1) is 17.9. The molecule has 6 rings (SSSR count). The van der Waals surface area contributed by atoms with Gasteiger partial charge in [-0.05, 0) is 90.3 Å². The summed E-state index contributed by atoms with van der Waals surface area (Å²) in [7, 11) is 0. The third kappa shape index (κ3) is 2.61. The topological polar surface area (TPSA) is 0 Å². The Balaban J connectivity index is 2.11. The van der Waals surface area contributed by atoms with E-state index >= 15 is 0 Å². The summed E-state index contributed by atoms with van der Waals surface area (Å²) in [4.78, 5) is 0. The molecule has 0 spiro atoms. The van der Waals surface area contributed by atoms with Gasteiger partial charge >= 0.3 is 0 Å². The first-order valence-corrected chi connectivity index (χ1v) is 11.7. The van der Waals surface area contributed by atoms with E-state index in [1.165, 1.54) is 53.9 Å². The molecule has 6 aromatic rings. The largest absolute Gasteiger partial charge is 0.0616 e. The van der Waals surface area contributed by atoms with Crippen LogP contribution in [-0.2, 0) is 0 Å². The summed E-state index contributed by atoms with van der Waals surface area (Å²) < 4.78 is 3.29. The molecule has 0 saturated heterocycles. The molecule has 3 heteroatoms. The smallest absolute Gasteiger partial charge is 0.0181 e. The fourth-order valence-corrected chi connectivity index (χ4v) is 5.72. The van der Waals surface area contributed by atoms with Gasteiger partial charge in [0, 0.05) is 13.4 Å². The molecule has 0 aliphatic rings. The van der Waals surface area contributed by atoms with Crippen molar-refractivity contribution in [3.05, 3.63) is 92.3 Å². The van der Waals surface area contributed by atoms with Crippen LogP contribution in [0.5, 0.6) is 0 Å². The minimum atomic E-state index is 1.10. The molecule has 6 aromatic carbocycles. The van der Waals surface area contributed by atoms with Gasteiger partial charge in [0.1, 0.15) is 0 Å². The van der Waals surface area contributed by atoms with Crippen molar-refractivity contribution in [2.45, 2.75) is 0 Å². The summed E-state index contributed by atoms with van der Waals surface area (Å²) in [6, 6.07) is 28.6. The highest BCUT2D eigenvalue weighted by Crippen LogP contribution is 2.45. The van der Waals surface area contributed by atoms with Crippen molar-refractivity contribution < 1.29 is 0 Å². The highest BCUT2D eigenvalue weighted by atomic mass is 79.9. The summed E-state index contributed by atoms with van der Waals surface area (Å²) in [5.74, 6) is 0. The summed E-state index contributed by atoms with van der Waals surface area (Å²) in [5.41, 5.74) is 0. The monoisotopic (exact) mass is 562 g/mol. The van der Waals surface area contributed by atoms with Gasteiger partial charge in [-0.15, -0.1) is 0 Å². The van der Waals surface area contributed by atoms with E-state index in [1.807, 2.05) is 0 Å². The Morgan fingerprint density at radius 3 is 1.14 bits per heavy atom. The lowest BCUT2D eigenvalue weighted by molar-refractivity contribution is 1.72. The van der Waals surface area contributed by atoms with Gasteiger partial charge in [-0.3, -0.25) is 0 Å². The van der Waals surface area contributed by atoms with Gasteiger partial charge in [-0.1, -0.05) is 90.3 Å². The van der Waals surface area contributed by atoms with Crippen LogP contribution in [0.2, 0.25) is 0 Å². The number of rotatable bonds is 0. The van der Waals surface area contributed by atoms with Crippen LogP contribution in [0.1, 0.15) is 0 Å². The molecule has 0 fully saturated rings. The fourth-order valence-electron chi connectivity index (χ4n) is 4.64. The number of halogens is 3. The predicted molar refractivity (Wildman–Crippen MR) is 137 cm³/mol. The molecule has 0 bridgehead atoms. The predicted octanol–water partition coefficient (Wildman–Crippen LogP) is 9.74. The zero-order valence-electron chi connectivity index (χ0n) is 15.1. The maximum Gasteiger partial charge on any atom is 0.0181 e. The molecule has 0 aromatic heterocycles. The Morgan fingerprint density at radius 1 is 0.345 bits per heavy atom. The molecule has 0 amide bonds. The van der Waals surface area contributed by atoms with E-state index in [4.69, 9.17) is 0 Å². The van der Waals surface area contributed by atoms with Gasteiger partial charge in [0.15, 0.2) is 0 Å². The Morgan fingerprint density at radius 2 is 0.690 bits per heavy atom. The molecule has 0 N–H and O–H groups in total. The first-order valence-electron chi connectivity index (χ1n) is 9.36. The summed E-state index contributed by atoms with van der Waals surface area (Å²) in [6.07, 6.45) is 0. The first-order chi connectivity index (χ1) is 14.1. The standard InChI is InChI=1S/C26H13Br3/c27-14-6-9-19-20-10-7-16(29)13-24(20)26-23-12-15(28)5-8-18(23)17-3-1-2-4-21(17)25(26)22(19)11-14/h1-13H. The van der Waals surface area contributed by atoms with Crippen LogP contribution >= 0.6 is 47.8 Å². The number of hydrogen-bond acceptors (Lipinski definition) is 0. The van der Waals surface area contributed by atoms with Crippen molar-refractivity contribution in [3.8, 4) is 0 Å². The molecule has 0 nitrogen and oxygen atoms in total. The molecular formula is C26H13Br3. The van der Waals surface area contributed by atoms with E-state index in [9.17, 15) is 0 Å². The van der Waals surface area contributed by atoms with Crippen LogP contribution in [0.3, 0.4) is 0 Å². The summed E-state index contributed by atoms with van der Waals surface area (Å²) >= 11 is 11.1. The van der Waals surface area contributed by atoms with Crippen LogP contribution in [-0.4, -0.2) is 0 Å². The van der Waals surface area contributed by atoms with Crippen molar-refractivity contribution >= 4 is 102 Å². The van der Waals surface area contributed by atoms with Gasteiger partial charge in [0.2, 0.25) is 0 Å². The molecule has 138 valence electrons. The third-order valence-corrected chi connectivity index (χ3v) is 7.26. The zero-order valence-corrected chi connectivity index (χ0v) is 19.9. The van der Waals surface area contributed by atoms with Crippen molar-refractivity contribution in [2.24, 2.45) is 0 Å². The van der Waals surface area contributed by atoms with Crippen LogP contribution in [0.15, 0.2) is 92.3 Å². The van der Waals surface area contributed by atoms with Crippen LogP contribution < -0.4 is 0 Å². The Kier molecular flexibility index (Phi) is 4.03. The molecule has 0 heterocycles. The minimum Gasteiger partial charge on any atom is -0.0616 e. The van der Waals surface area contributed by atoms with Crippen LogP contribution in [0.25, 0.3) is 53.9 Å². The van der Waals surface area contributed by atoms with Crippen molar-refractivity contribution in [1.82, 2.24) is 0 Å². The van der Waals surface area contributed by atoms with E-state index in [-0.39, 0.29) is 0 Å². The summed E-state index contributed by atoms with van der Waals surface area (Å²) in [6.45, 7) is 0. The lowest BCUT2D eigenvalue weighted by Crippen LogP contribution is -1.89. The molecular weight excluding hydrogens is 552 g/mol. The van der Waals surface area contributed by atoms with Gasteiger partial charge in [0.05, 0.1) is 0 Å². The molecule has 0 atom stereocenters. The number of fused-ring (bicyclic) bond motifs is 11. The van der Waals surface area contributed by atoms with Gasteiger partial charge < -0.3 is 0 Å². The van der Waals surface area contributed by atoms with Gasteiger partial charge in [0.25, 0.3) is 0 Å². The summed E-state index contributed by atoms with van der Waals surface area (Å²) in [5, 5.41) is 12.9. The molecule has 29 heavy (non-hydrogen) atoms. The van der Waals surface area contributed by atoms with E-state index in [1.54, 1.807) is 0 Å². The SMILES string of the molecule is Brc1ccc2c3ccc(Br)cc3c3c4cc(Br)ccc4c4ccccc4c3c2c1. The van der Waals surface area contributed by atoms with Crippen LogP contribution in [0, 0.1) is 0 Å². The molecule has 0 aliphatic carbocycles.